The van der Waals surface area contributed by atoms with Gasteiger partial charge in [-0.2, -0.15) is 5.10 Å². The molecule has 1 aromatic heterocycles. The molecule has 3 rings (SSSR count). The van der Waals surface area contributed by atoms with Crippen LogP contribution in [0.5, 0.6) is 0 Å². The van der Waals surface area contributed by atoms with Crippen molar-refractivity contribution >= 4 is 29.7 Å². The van der Waals surface area contributed by atoms with E-state index in [-0.39, 0.29) is 18.4 Å². The Balaban J connectivity index is 1.77. The van der Waals surface area contributed by atoms with Crippen molar-refractivity contribution in [3.05, 3.63) is 64.4 Å². The SMILES string of the molecule is CCNC(=O)c1cccc(NC(=O)Cn2c(-c3ccc(C)cc3)n[nH]c2=S)c1. The fourth-order valence-electron chi connectivity index (χ4n) is 2.73. The van der Waals surface area contributed by atoms with E-state index < -0.39 is 0 Å². The molecule has 0 spiro atoms. The van der Waals surface area contributed by atoms with Crippen molar-refractivity contribution in [3.63, 3.8) is 0 Å². The maximum absolute atomic E-state index is 12.6. The molecule has 0 radical (unpaired) electrons. The fourth-order valence-corrected chi connectivity index (χ4v) is 2.93. The van der Waals surface area contributed by atoms with E-state index in [1.807, 2.05) is 38.1 Å². The van der Waals surface area contributed by atoms with Gasteiger partial charge in [0.25, 0.3) is 5.91 Å². The van der Waals surface area contributed by atoms with Gasteiger partial charge in [-0.3, -0.25) is 19.3 Å². The van der Waals surface area contributed by atoms with Crippen LogP contribution in [0.15, 0.2) is 48.5 Å². The third-order valence-electron chi connectivity index (χ3n) is 4.12. The van der Waals surface area contributed by atoms with Gasteiger partial charge in [-0.05, 0) is 44.3 Å². The zero-order valence-electron chi connectivity index (χ0n) is 15.7. The number of hydrogen-bond donors (Lipinski definition) is 3. The highest BCUT2D eigenvalue weighted by atomic mass is 32.1. The lowest BCUT2D eigenvalue weighted by Gasteiger charge is -2.10. The van der Waals surface area contributed by atoms with Crippen LogP contribution in [0.4, 0.5) is 5.69 Å². The van der Waals surface area contributed by atoms with Crippen molar-refractivity contribution < 1.29 is 9.59 Å². The molecule has 3 N–H and O–H groups in total. The summed E-state index contributed by atoms with van der Waals surface area (Å²) in [7, 11) is 0. The third kappa shape index (κ3) is 4.52. The first-order valence-corrected chi connectivity index (χ1v) is 9.29. The molecule has 0 unspecified atom stereocenters. The molecule has 7 nitrogen and oxygen atoms in total. The predicted octanol–water partition coefficient (Wildman–Crippen LogP) is 3.30. The van der Waals surface area contributed by atoms with Crippen LogP contribution < -0.4 is 10.6 Å². The van der Waals surface area contributed by atoms with Crippen molar-refractivity contribution in [1.29, 1.82) is 0 Å². The largest absolute Gasteiger partial charge is 0.352 e. The summed E-state index contributed by atoms with van der Waals surface area (Å²) in [6, 6.07) is 14.6. The lowest BCUT2D eigenvalue weighted by molar-refractivity contribution is -0.116. The minimum atomic E-state index is -0.265. The van der Waals surface area contributed by atoms with Crippen LogP contribution in [0, 0.1) is 11.7 Å². The number of anilines is 1. The lowest BCUT2D eigenvalue weighted by atomic mass is 10.1. The average Bonchev–Trinajstić information content (AvgIpc) is 3.03. The molecular weight excluding hydrogens is 374 g/mol. The first-order valence-electron chi connectivity index (χ1n) is 8.88. The first kappa shape index (κ1) is 19.5. The van der Waals surface area contributed by atoms with Crippen LogP contribution in [0.2, 0.25) is 0 Å². The molecule has 28 heavy (non-hydrogen) atoms. The topological polar surface area (TPSA) is 91.8 Å². The van der Waals surface area contributed by atoms with Crippen molar-refractivity contribution in [3.8, 4) is 11.4 Å². The summed E-state index contributed by atoms with van der Waals surface area (Å²) in [6.07, 6.45) is 0. The van der Waals surface area contributed by atoms with E-state index in [9.17, 15) is 9.59 Å². The van der Waals surface area contributed by atoms with Crippen molar-refractivity contribution in [2.24, 2.45) is 0 Å². The second kappa shape index (κ2) is 8.62. The van der Waals surface area contributed by atoms with Crippen molar-refractivity contribution in [2.45, 2.75) is 20.4 Å². The molecule has 1 heterocycles. The Labute approximate surface area is 167 Å². The number of aromatic nitrogens is 3. The fraction of sp³-hybridized carbons (Fsp3) is 0.200. The molecule has 3 aromatic rings. The smallest absolute Gasteiger partial charge is 0.251 e. The van der Waals surface area contributed by atoms with Crippen LogP contribution in [0.25, 0.3) is 11.4 Å². The van der Waals surface area contributed by atoms with Crippen molar-refractivity contribution in [2.75, 3.05) is 11.9 Å². The quantitative estimate of drug-likeness (QED) is 0.559. The molecule has 0 fully saturated rings. The number of aromatic amines is 1. The Morgan fingerprint density at radius 3 is 2.64 bits per heavy atom. The molecule has 0 aliphatic carbocycles. The Bertz CT molecular complexity index is 1050. The van der Waals surface area contributed by atoms with Crippen LogP contribution >= 0.6 is 12.2 Å². The first-order chi connectivity index (χ1) is 13.5. The number of aryl methyl sites for hydroxylation is 1. The maximum Gasteiger partial charge on any atom is 0.251 e. The zero-order valence-corrected chi connectivity index (χ0v) is 16.5. The highest BCUT2D eigenvalue weighted by molar-refractivity contribution is 7.71. The second-order valence-corrected chi connectivity index (χ2v) is 6.68. The van der Waals surface area contributed by atoms with Gasteiger partial charge in [0.05, 0.1) is 0 Å². The Morgan fingerprint density at radius 2 is 1.93 bits per heavy atom. The van der Waals surface area contributed by atoms with E-state index in [0.717, 1.165) is 11.1 Å². The van der Waals surface area contributed by atoms with Gasteiger partial charge >= 0.3 is 0 Å². The summed E-state index contributed by atoms with van der Waals surface area (Å²) in [6.45, 7) is 4.40. The minimum absolute atomic E-state index is 0.00390. The molecule has 0 saturated heterocycles. The molecule has 8 heteroatoms. The van der Waals surface area contributed by atoms with Crippen LogP contribution in [-0.4, -0.2) is 33.1 Å². The van der Waals surface area contributed by atoms with Gasteiger partial charge in [-0.1, -0.05) is 35.9 Å². The van der Waals surface area contributed by atoms with E-state index in [0.29, 0.717) is 28.4 Å². The molecular formula is C20H21N5O2S. The number of rotatable bonds is 6. The number of benzene rings is 2. The van der Waals surface area contributed by atoms with Crippen LogP contribution in [-0.2, 0) is 11.3 Å². The Kier molecular flexibility index (Phi) is 6.00. The van der Waals surface area contributed by atoms with E-state index >= 15 is 0 Å². The maximum atomic E-state index is 12.6. The van der Waals surface area contributed by atoms with Gasteiger partial charge in [-0.25, -0.2) is 0 Å². The monoisotopic (exact) mass is 395 g/mol. The summed E-state index contributed by atoms with van der Waals surface area (Å²) in [5, 5.41) is 12.5. The summed E-state index contributed by atoms with van der Waals surface area (Å²) < 4.78 is 2.00. The second-order valence-electron chi connectivity index (χ2n) is 6.29. The van der Waals surface area contributed by atoms with E-state index in [1.165, 1.54) is 0 Å². The van der Waals surface area contributed by atoms with Crippen LogP contribution in [0.3, 0.4) is 0 Å². The summed E-state index contributed by atoms with van der Waals surface area (Å²) in [4.78, 5) is 24.5. The molecule has 0 aliphatic heterocycles. The van der Waals surface area contributed by atoms with Gasteiger partial charge in [-0.15, -0.1) is 0 Å². The van der Waals surface area contributed by atoms with Gasteiger partial charge in [0.15, 0.2) is 10.6 Å². The van der Waals surface area contributed by atoms with E-state index in [2.05, 4.69) is 20.8 Å². The molecule has 0 aliphatic rings. The molecule has 144 valence electrons. The van der Waals surface area contributed by atoms with Crippen LogP contribution in [0.1, 0.15) is 22.8 Å². The number of carbonyl (C=O) groups is 2. The number of nitrogens with one attached hydrogen (secondary N) is 3. The lowest BCUT2D eigenvalue weighted by Crippen LogP contribution is -2.23. The number of carbonyl (C=O) groups excluding carboxylic acids is 2. The molecule has 0 saturated carbocycles. The molecule has 2 amide bonds. The third-order valence-corrected chi connectivity index (χ3v) is 4.43. The molecule has 0 atom stereocenters. The average molecular weight is 395 g/mol. The number of nitrogens with zero attached hydrogens (tertiary/aromatic N) is 2. The minimum Gasteiger partial charge on any atom is -0.352 e. The standard InChI is InChI=1S/C20H21N5O2S/c1-3-21-19(27)15-5-4-6-16(11-15)22-17(26)12-25-18(23-24-20(25)28)14-9-7-13(2)8-10-14/h4-11H,3,12H2,1-2H3,(H,21,27)(H,22,26)(H,24,28). The molecule has 0 bridgehead atoms. The number of hydrogen-bond acceptors (Lipinski definition) is 4. The summed E-state index contributed by atoms with van der Waals surface area (Å²) in [5.41, 5.74) is 3.03. The Hall–Kier alpha value is -3.26. The highest BCUT2D eigenvalue weighted by Crippen LogP contribution is 2.18. The normalized spacial score (nSPS) is 10.5. The van der Waals surface area contributed by atoms with Gasteiger partial charge in [0.1, 0.15) is 6.54 Å². The predicted molar refractivity (Wildman–Crippen MR) is 111 cm³/mol. The number of H-pyrrole nitrogens is 1. The van der Waals surface area contributed by atoms with Gasteiger partial charge < -0.3 is 10.6 Å². The summed E-state index contributed by atoms with van der Waals surface area (Å²) in [5.74, 6) is 0.146. The zero-order chi connectivity index (χ0) is 20.1. The van der Waals surface area contributed by atoms with Gasteiger partial charge in [0, 0.05) is 23.4 Å². The van der Waals surface area contributed by atoms with E-state index in [4.69, 9.17) is 12.2 Å². The number of amides is 2. The highest BCUT2D eigenvalue weighted by Gasteiger charge is 2.13. The van der Waals surface area contributed by atoms with E-state index in [1.54, 1.807) is 28.8 Å². The van der Waals surface area contributed by atoms with Crippen molar-refractivity contribution in [1.82, 2.24) is 20.1 Å². The summed E-state index contributed by atoms with van der Waals surface area (Å²) >= 11 is 5.28. The van der Waals surface area contributed by atoms with Gasteiger partial charge in [0.2, 0.25) is 5.91 Å². The molecule has 2 aromatic carbocycles. The Morgan fingerprint density at radius 1 is 1.18 bits per heavy atom.